The summed E-state index contributed by atoms with van der Waals surface area (Å²) >= 11 is 5.68. The third-order valence-electron chi connectivity index (χ3n) is 3.53. The summed E-state index contributed by atoms with van der Waals surface area (Å²) < 4.78 is 26.8. The molecule has 7 heteroatoms. The Bertz CT molecular complexity index is 779. The van der Waals surface area contributed by atoms with Crippen molar-refractivity contribution in [2.45, 2.75) is 19.9 Å². The quantitative estimate of drug-likeness (QED) is 0.840. The molecule has 0 heterocycles. The number of anilines is 1. The first-order valence-corrected chi connectivity index (χ1v) is 7.98. The van der Waals surface area contributed by atoms with Crippen molar-refractivity contribution in [1.29, 1.82) is 0 Å². The number of amides is 2. The van der Waals surface area contributed by atoms with Gasteiger partial charge in [0.1, 0.15) is 17.7 Å². The molecule has 0 aliphatic rings. The topological polar surface area (TPSA) is 58.2 Å². The van der Waals surface area contributed by atoms with Crippen molar-refractivity contribution < 1.29 is 18.4 Å². The van der Waals surface area contributed by atoms with E-state index in [1.54, 1.807) is 13.8 Å². The van der Waals surface area contributed by atoms with E-state index in [0.717, 1.165) is 18.2 Å². The van der Waals surface area contributed by atoms with E-state index in [2.05, 4.69) is 10.6 Å². The van der Waals surface area contributed by atoms with Crippen LogP contribution in [0.1, 0.15) is 24.2 Å². The molecule has 132 valence electrons. The molecule has 4 nitrogen and oxygen atoms in total. The van der Waals surface area contributed by atoms with Crippen LogP contribution in [0.4, 0.5) is 14.5 Å². The normalized spacial score (nSPS) is 11.9. The Morgan fingerprint density at radius 3 is 2.24 bits per heavy atom. The van der Waals surface area contributed by atoms with Gasteiger partial charge in [-0.15, -0.1) is 0 Å². The summed E-state index contributed by atoms with van der Waals surface area (Å²) in [6.45, 7) is 3.49. The Kier molecular flexibility index (Phi) is 6.09. The maximum Gasteiger partial charge on any atom is 0.251 e. The van der Waals surface area contributed by atoms with Crippen LogP contribution in [0.5, 0.6) is 0 Å². The lowest BCUT2D eigenvalue weighted by Crippen LogP contribution is -2.47. The molecule has 0 radical (unpaired) electrons. The lowest BCUT2D eigenvalue weighted by molar-refractivity contribution is -0.118. The third-order valence-corrected chi connectivity index (χ3v) is 3.77. The van der Waals surface area contributed by atoms with Crippen molar-refractivity contribution in [3.8, 4) is 0 Å². The van der Waals surface area contributed by atoms with Gasteiger partial charge in [0.05, 0.1) is 5.69 Å². The molecule has 0 saturated heterocycles. The Labute approximate surface area is 149 Å². The van der Waals surface area contributed by atoms with Crippen LogP contribution in [0.15, 0.2) is 42.5 Å². The fraction of sp³-hybridized carbons (Fsp3) is 0.222. The average Bonchev–Trinajstić information content (AvgIpc) is 2.55. The first kappa shape index (κ1) is 18.9. The summed E-state index contributed by atoms with van der Waals surface area (Å²) in [6.07, 6.45) is 0. The molecule has 0 spiro atoms. The van der Waals surface area contributed by atoms with E-state index in [4.69, 9.17) is 11.6 Å². The van der Waals surface area contributed by atoms with Crippen LogP contribution < -0.4 is 10.6 Å². The highest BCUT2D eigenvalue weighted by Crippen LogP contribution is 2.19. The smallest absolute Gasteiger partial charge is 0.251 e. The van der Waals surface area contributed by atoms with Crippen LogP contribution in [0, 0.1) is 17.6 Å². The third kappa shape index (κ3) is 5.00. The van der Waals surface area contributed by atoms with Gasteiger partial charge in [0, 0.05) is 10.6 Å². The molecule has 0 saturated carbocycles. The fourth-order valence-corrected chi connectivity index (χ4v) is 2.32. The van der Waals surface area contributed by atoms with E-state index < -0.39 is 29.5 Å². The second-order valence-corrected chi connectivity index (χ2v) is 6.25. The van der Waals surface area contributed by atoms with Gasteiger partial charge < -0.3 is 10.6 Å². The van der Waals surface area contributed by atoms with Gasteiger partial charge in [-0.1, -0.05) is 25.4 Å². The number of rotatable bonds is 5. The second-order valence-electron chi connectivity index (χ2n) is 5.82. The highest BCUT2D eigenvalue weighted by molar-refractivity contribution is 6.30. The SMILES string of the molecule is CC(C)C(NC(=O)c1ccc(F)cc1)C(=O)Nc1ccc(Cl)cc1F. The Hall–Kier alpha value is -2.47. The van der Waals surface area contributed by atoms with Gasteiger partial charge in [-0.05, 0) is 48.4 Å². The summed E-state index contributed by atoms with van der Waals surface area (Å²) in [6, 6.07) is 7.92. The number of benzene rings is 2. The van der Waals surface area contributed by atoms with E-state index in [0.29, 0.717) is 0 Å². The summed E-state index contributed by atoms with van der Waals surface area (Å²) in [7, 11) is 0. The molecule has 0 aliphatic carbocycles. The first-order chi connectivity index (χ1) is 11.8. The monoisotopic (exact) mass is 366 g/mol. The number of nitrogens with one attached hydrogen (secondary N) is 2. The molecule has 25 heavy (non-hydrogen) atoms. The Balaban J connectivity index is 2.12. The molecule has 2 N–H and O–H groups in total. The molecular formula is C18H17ClF2N2O2. The molecule has 2 aromatic carbocycles. The van der Waals surface area contributed by atoms with Crippen LogP contribution >= 0.6 is 11.6 Å². The van der Waals surface area contributed by atoms with Crippen molar-refractivity contribution in [3.05, 3.63) is 64.7 Å². The summed E-state index contributed by atoms with van der Waals surface area (Å²) in [5, 5.41) is 5.23. The molecule has 0 fully saturated rings. The molecule has 2 rings (SSSR count). The van der Waals surface area contributed by atoms with Crippen LogP contribution in [-0.2, 0) is 4.79 Å². The molecule has 2 amide bonds. The Morgan fingerprint density at radius 1 is 1.04 bits per heavy atom. The van der Waals surface area contributed by atoms with Crippen molar-refractivity contribution >= 4 is 29.1 Å². The first-order valence-electron chi connectivity index (χ1n) is 7.60. The number of hydrogen-bond acceptors (Lipinski definition) is 2. The zero-order valence-corrected chi connectivity index (χ0v) is 14.4. The van der Waals surface area contributed by atoms with Gasteiger partial charge in [-0.25, -0.2) is 8.78 Å². The summed E-state index contributed by atoms with van der Waals surface area (Å²) in [5.41, 5.74) is 0.189. The number of hydrogen-bond donors (Lipinski definition) is 2. The molecule has 0 aromatic heterocycles. The van der Waals surface area contributed by atoms with Crippen LogP contribution in [0.2, 0.25) is 5.02 Å². The minimum atomic E-state index is -0.896. The van der Waals surface area contributed by atoms with Crippen molar-refractivity contribution in [3.63, 3.8) is 0 Å². The zero-order chi connectivity index (χ0) is 18.6. The van der Waals surface area contributed by atoms with Gasteiger partial charge in [0.25, 0.3) is 5.91 Å². The molecule has 1 unspecified atom stereocenters. The predicted molar refractivity (Wildman–Crippen MR) is 92.5 cm³/mol. The van der Waals surface area contributed by atoms with E-state index in [1.165, 1.54) is 24.3 Å². The zero-order valence-electron chi connectivity index (χ0n) is 13.6. The lowest BCUT2D eigenvalue weighted by atomic mass is 10.0. The maximum atomic E-state index is 13.8. The standard InChI is InChI=1S/C18H17ClF2N2O2/c1-10(2)16(23-17(24)11-3-6-13(20)7-4-11)18(25)22-15-8-5-12(19)9-14(15)21/h3-10,16H,1-2H3,(H,22,25)(H,23,24). The number of carbonyl (C=O) groups is 2. The number of halogens is 3. The van der Waals surface area contributed by atoms with Crippen LogP contribution in [-0.4, -0.2) is 17.9 Å². The molecule has 0 bridgehead atoms. The van der Waals surface area contributed by atoms with Crippen LogP contribution in [0.25, 0.3) is 0 Å². The Morgan fingerprint density at radius 2 is 1.68 bits per heavy atom. The van der Waals surface area contributed by atoms with Crippen molar-refractivity contribution in [2.24, 2.45) is 5.92 Å². The van der Waals surface area contributed by atoms with Gasteiger partial charge in [-0.2, -0.15) is 0 Å². The molecule has 1 atom stereocenters. The van der Waals surface area contributed by atoms with Gasteiger partial charge in [0.2, 0.25) is 5.91 Å². The van der Waals surface area contributed by atoms with E-state index in [-0.39, 0.29) is 22.2 Å². The number of carbonyl (C=O) groups excluding carboxylic acids is 2. The van der Waals surface area contributed by atoms with Gasteiger partial charge in [-0.3, -0.25) is 9.59 Å². The molecule has 0 aliphatic heterocycles. The highest BCUT2D eigenvalue weighted by Gasteiger charge is 2.25. The van der Waals surface area contributed by atoms with Crippen molar-refractivity contribution in [2.75, 3.05) is 5.32 Å². The van der Waals surface area contributed by atoms with Gasteiger partial charge in [0.15, 0.2) is 0 Å². The van der Waals surface area contributed by atoms with Crippen molar-refractivity contribution in [1.82, 2.24) is 5.32 Å². The minimum Gasteiger partial charge on any atom is -0.340 e. The molecule has 2 aromatic rings. The van der Waals surface area contributed by atoms with E-state index in [9.17, 15) is 18.4 Å². The van der Waals surface area contributed by atoms with Gasteiger partial charge >= 0.3 is 0 Å². The van der Waals surface area contributed by atoms with Crippen LogP contribution in [0.3, 0.4) is 0 Å². The maximum absolute atomic E-state index is 13.8. The average molecular weight is 367 g/mol. The predicted octanol–water partition coefficient (Wildman–Crippen LogP) is 4.01. The highest BCUT2D eigenvalue weighted by atomic mass is 35.5. The lowest BCUT2D eigenvalue weighted by Gasteiger charge is -2.22. The largest absolute Gasteiger partial charge is 0.340 e. The summed E-state index contributed by atoms with van der Waals surface area (Å²) in [4.78, 5) is 24.7. The van der Waals surface area contributed by atoms with E-state index in [1.807, 2.05) is 0 Å². The molecular weight excluding hydrogens is 350 g/mol. The minimum absolute atomic E-state index is 0.0314. The van der Waals surface area contributed by atoms with E-state index >= 15 is 0 Å². The summed E-state index contributed by atoms with van der Waals surface area (Å²) in [5.74, 6) is -2.47. The second kappa shape index (κ2) is 8.07. The fourth-order valence-electron chi connectivity index (χ4n) is 2.16.